The highest BCUT2D eigenvalue weighted by Crippen LogP contribution is 2.17. The number of hydrogen-bond acceptors (Lipinski definition) is 2. The molecule has 0 unspecified atom stereocenters. The second kappa shape index (κ2) is 4.03. The largest absolute Gasteiger partial charge is 0.319 e. The molecule has 0 saturated carbocycles. The summed E-state index contributed by atoms with van der Waals surface area (Å²) < 4.78 is 2.17. The van der Waals surface area contributed by atoms with Crippen LogP contribution in [0.2, 0.25) is 0 Å². The Labute approximate surface area is 90.1 Å². The van der Waals surface area contributed by atoms with Gasteiger partial charge in [0.15, 0.2) is 0 Å². The van der Waals surface area contributed by atoms with E-state index in [4.69, 9.17) is 0 Å². The summed E-state index contributed by atoms with van der Waals surface area (Å²) in [6.07, 6.45) is 3.13. The molecule has 0 fully saturated rings. The minimum atomic E-state index is 1.00. The number of fused-ring (bicyclic) bond motifs is 1. The van der Waals surface area contributed by atoms with Crippen molar-refractivity contribution in [2.75, 3.05) is 13.6 Å². The van der Waals surface area contributed by atoms with E-state index in [1.807, 2.05) is 14.0 Å². The highest BCUT2D eigenvalue weighted by Gasteiger charge is 2.07. The van der Waals surface area contributed by atoms with Crippen LogP contribution in [0.15, 0.2) is 18.3 Å². The van der Waals surface area contributed by atoms with Crippen molar-refractivity contribution in [3.8, 4) is 0 Å². The second-order valence-electron chi connectivity index (χ2n) is 3.85. The van der Waals surface area contributed by atoms with Crippen molar-refractivity contribution in [1.82, 2.24) is 14.7 Å². The fourth-order valence-corrected chi connectivity index (χ4v) is 2.04. The Bertz CT molecular complexity index is 471. The molecule has 0 aliphatic rings. The normalized spacial score (nSPS) is 11.1. The first-order valence-electron chi connectivity index (χ1n) is 5.32. The van der Waals surface area contributed by atoms with Crippen LogP contribution in [0, 0.1) is 13.8 Å². The van der Waals surface area contributed by atoms with Gasteiger partial charge in [0.1, 0.15) is 5.82 Å². The summed E-state index contributed by atoms with van der Waals surface area (Å²) in [6.45, 7) is 5.12. The Balaban J connectivity index is 2.54. The van der Waals surface area contributed by atoms with Gasteiger partial charge in [-0.3, -0.25) is 0 Å². The summed E-state index contributed by atoms with van der Waals surface area (Å²) in [4.78, 5) is 4.50. The third-order valence-corrected chi connectivity index (χ3v) is 2.74. The summed E-state index contributed by atoms with van der Waals surface area (Å²) in [5.74, 6) is 1.06. The van der Waals surface area contributed by atoms with Crippen LogP contribution < -0.4 is 5.32 Å². The lowest BCUT2D eigenvalue weighted by Gasteiger charge is -2.05. The number of imidazole rings is 1. The molecule has 2 aromatic heterocycles. The SMILES string of the molecule is CNCCc1cccn2c(C)nc(C)c12. The van der Waals surface area contributed by atoms with Crippen molar-refractivity contribution < 1.29 is 0 Å². The molecule has 0 spiro atoms. The van der Waals surface area contributed by atoms with E-state index in [0.29, 0.717) is 0 Å². The molecular weight excluding hydrogens is 186 g/mol. The van der Waals surface area contributed by atoms with E-state index in [1.54, 1.807) is 0 Å². The summed E-state index contributed by atoms with van der Waals surface area (Å²) in [7, 11) is 1.98. The van der Waals surface area contributed by atoms with E-state index in [9.17, 15) is 0 Å². The first kappa shape index (κ1) is 10.2. The molecule has 0 saturated heterocycles. The molecule has 0 amide bonds. The monoisotopic (exact) mass is 203 g/mol. The predicted molar refractivity (Wildman–Crippen MR) is 62.3 cm³/mol. The predicted octanol–water partition coefficient (Wildman–Crippen LogP) is 1.71. The number of aryl methyl sites for hydroxylation is 2. The first-order valence-corrected chi connectivity index (χ1v) is 5.32. The van der Waals surface area contributed by atoms with E-state index in [2.05, 4.69) is 40.0 Å². The summed E-state index contributed by atoms with van der Waals surface area (Å²) >= 11 is 0. The van der Waals surface area contributed by atoms with Crippen molar-refractivity contribution in [3.05, 3.63) is 35.4 Å². The standard InChI is InChI=1S/C12H17N3/c1-9-12-11(6-7-13-3)5-4-8-15(12)10(2)14-9/h4-5,8,13H,6-7H2,1-3H3. The van der Waals surface area contributed by atoms with Crippen LogP contribution in [0.1, 0.15) is 17.1 Å². The number of rotatable bonds is 3. The number of nitrogens with one attached hydrogen (secondary N) is 1. The minimum Gasteiger partial charge on any atom is -0.319 e. The van der Waals surface area contributed by atoms with Crippen molar-refractivity contribution >= 4 is 5.52 Å². The maximum absolute atomic E-state index is 4.50. The summed E-state index contributed by atoms with van der Waals surface area (Å²) in [5.41, 5.74) is 3.76. The Kier molecular flexibility index (Phi) is 2.73. The van der Waals surface area contributed by atoms with Gasteiger partial charge in [0.05, 0.1) is 11.2 Å². The first-order chi connectivity index (χ1) is 7.24. The van der Waals surface area contributed by atoms with Crippen LogP contribution >= 0.6 is 0 Å². The van der Waals surface area contributed by atoms with Gasteiger partial charge in [-0.2, -0.15) is 0 Å². The third-order valence-electron chi connectivity index (χ3n) is 2.74. The van der Waals surface area contributed by atoms with Gasteiger partial charge in [-0.05, 0) is 45.5 Å². The topological polar surface area (TPSA) is 29.3 Å². The Morgan fingerprint density at radius 2 is 2.20 bits per heavy atom. The average molecular weight is 203 g/mol. The molecular formula is C12H17N3. The molecule has 3 heteroatoms. The second-order valence-corrected chi connectivity index (χ2v) is 3.85. The average Bonchev–Trinajstić information content (AvgIpc) is 2.53. The van der Waals surface area contributed by atoms with E-state index >= 15 is 0 Å². The Hall–Kier alpha value is -1.35. The summed E-state index contributed by atoms with van der Waals surface area (Å²) in [6, 6.07) is 4.27. The van der Waals surface area contributed by atoms with Gasteiger partial charge in [0, 0.05) is 6.20 Å². The Morgan fingerprint density at radius 1 is 1.40 bits per heavy atom. The van der Waals surface area contributed by atoms with Crippen LogP contribution in [0.4, 0.5) is 0 Å². The quantitative estimate of drug-likeness (QED) is 0.823. The molecule has 2 rings (SSSR count). The smallest absolute Gasteiger partial charge is 0.110 e. The molecule has 0 aliphatic heterocycles. The van der Waals surface area contributed by atoms with Gasteiger partial charge in [-0.15, -0.1) is 0 Å². The van der Waals surface area contributed by atoms with Crippen molar-refractivity contribution in [1.29, 1.82) is 0 Å². The molecule has 0 atom stereocenters. The molecule has 0 aromatic carbocycles. The highest BCUT2D eigenvalue weighted by atomic mass is 15.0. The zero-order valence-electron chi connectivity index (χ0n) is 9.54. The number of hydrogen-bond donors (Lipinski definition) is 1. The van der Waals surface area contributed by atoms with Gasteiger partial charge >= 0.3 is 0 Å². The van der Waals surface area contributed by atoms with E-state index in [0.717, 1.165) is 24.5 Å². The number of pyridine rings is 1. The van der Waals surface area contributed by atoms with Gasteiger partial charge in [0.25, 0.3) is 0 Å². The maximum atomic E-state index is 4.50. The number of aromatic nitrogens is 2. The lowest BCUT2D eigenvalue weighted by Crippen LogP contribution is -2.11. The van der Waals surface area contributed by atoms with Gasteiger partial charge in [0.2, 0.25) is 0 Å². The molecule has 1 N–H and O–H groups in total. The molecule has 80 valence electrons. The van der Waals surface area contributed by atoms with Crippen molar-refractivity contribution in [2.45, 2.75) is 20.3 Å². The molecule has 0 aliphatic carbocycles. The highest BCUT2D eigenvalue weighted by molar-refractivity contribution is 5.59. The van der Waals surface area contributed by atoms with Crippen LogP contribution in [0.25, 0.3) is 5.52 Å². The van der Waals surface area contributed by atoms with Crippen molar-refractivity contribution in [2.24, 2.45) is 0 Å². The molecule has 3 nitrogen and oxygen atoms in total. The fourth-order valence-electron chi connectivity index (χ4n) is 2.04. The van der Waals surface area contributed by atoms with Crippen LogP contribution in [0.5, 0.6) is 0 Å². The Morgan fingerprint density at radius 3 is 2.93 bits per heavy atom. The van der Waals surface area contributed by atoms with E-state index in [1.165, 1.54) is 11.1 Å². The van der Waals surface area contributed by atoms with Gasteiger partial charge in [-0.25, -0.2) is 4.98 Å². The van der Waals surface area contributed by atoms with Crippen LogP contribution in [0.3, 0.4) is 0 Å². The van der Waals surface area contributed by atoms with Gasteiger partial charge < -0.3 is 9.72 Å². The number of likely N-dealkylation sites (N-methyl/N-ethyl adjacent to an activating group) is 1. The van der Waals surface area contributed by atoms with Gasteiger partial charge in [-0.1, -0.05) is 6.07 Å². The molecule has 15 heavy (non-hydrogen) atoms. The number of nitrogens with zero attached hydrogens (tertiary/aromatic N) is 2. The minimum absolute atomic E-state index is 1.00. The van der Waals surface area contributed by atoms with Crippen LogP contribution in [-0.4, -0.2) is 23.0 Å². The zero-order valence-corrected chi connectivity index (χ0v) is 9.54. The fraction of sp³-hybridized carbons (Fsp3) is 0.417. The lowest BCUT2D eigenvalue weighted by atomic mass is 10.1. The third kappa shape index (κ3) is 1.75. The molecule has 0 radical (unpaired) electrons. The zero-order chi connectivity index (χ0) is 10.8. The van der Waals surface area contributed by atoms with Crippen LogP contribution in [-0.2, 0) is 6.42 Å². The van der Waals surface area contributed by atoms with Crippen molar-refractivity contribution in [3.63, 3.8) is 0 Å². The van der Waals surface area contributed by atoms with E-state index < -0.39 is 0 Å². The molecule has 2 heterocycles. The van der Waals surface area contributed by atoms with E-state index in [-0.39, 0.29) is 0 Å². The lowest BCUT2D eigenvalue weighted by molar-refractivity contribution is 0.792. The molecule has 0 bridgehead atoms. The summed E-state index contributed by atoms with van der Waals surface area (Å²) in [5, 5.41) is 3.18. The maximum Gasteiger partial charge on any atom is 0.110 e. The molecule has 2 aromatic rings.